The van der Waals surface area contributed by atoms with Gasteiger partial charge in [-0.25, -0.2) is 0 Å². The summed E-state index contributed by atoms with van der Waals surface area (Å²) in [5.41, 5.74) is 6.02. The fourth-order valence-electron chi connectivity index (χ4n) is 0.828. The lowest BCUT2D eigenvalue weighted by atomic mass is 10.4. The monoisotopic (exact) mass is 165 g/mol. The molecule has 0 atom stereocenters. The molecule has 6 heteroatoms. The molecule has 0 bridgehead atoms. The second kappa shape index (κ2) is 2.74. The van der Waals surface area contributed by atoms with E-state index in [2.05, 4.69) is 20.3 Å². The van der Waals surface area contributed by atoms with Crippen LogP contribution in [0.15, 0.2) is 16.8 Å². The molecular weight excluding hydrogens is 158 g/mol. The van der Waals surface area contributed by atoms with Crippen LogP contribution in [0.25, 0.3) is 11.5 Å². The molecule has 6 nitrogen and oxygen atoms in total. The van der Waals surface area contributed by atoms with Crippen molar-refractivity contribution in [3.63, 3.8) is 0 Å². The number of nitrogens with zero attached hydrogens (tertiary/aromatic N) is 3. The van der Waals surface area contributed by atoms with Crippen molar-refractivity contribution < 1.29 is 4.52 Å². The number of hydrogen-bond acceptors (Lipinski definition) is 5. The van der Waals surface area contributed by atoms with Gasteiger partial charge in [-0.2, -0.15) is 10.1 Å². The maximum absolute atomic E-state index is 5.29. The van der Waals surface area contributed by atoms with Gasteiger partial charge in [-0.05, 0) is 6.07 Å². The van der Waals surface area contributed by atoms with Crippen molar-refractivity contribution in [2.24, 2.45) is 5.73 Å². The van der Waals surface area contributed by atoms with Crippen molar-refractivity contribution >= 4 is 0 Å². The van der Waals surface area contributed by atoms with Crippen LogP contribution in [0, 0.1) is 0 Å². The van der Waals surface area contributed by atoms with Gasteiger partial charge in [0.05, 0.1) is 6.54 Å². The van der Waals surface area contributed by atoms with Crippen LogP contribution in [-0.2, 0) is 6.54 Å². The van der Waals surface area contributed by atoms with E-state index < -0.39 is 0 Å². The standard InChI is InChI=1S/C6H7N5O/c7-3-5-9-6(11-12-5)4-1-2-8-10-4/h1-2H,3,7H2,(H,8,10). The summed E-state index contributed by atoms with van der Waals surface area (Å²) in [4.78, 5) is 4.00. The van der Waals surface area contributed by atoms with Crippen LogP contribution in [-0.4, -0.2) is 20.3 Å². The molecule has 2 heterocycles. The molecule has 0 aromatic carbocycles. The summed E-state index contributed by atoms with van der Waals surface area (Å²) < 4.78 is 4.80. The Labute approximate surface area is 67.8 Å². The lowest BCUT2D eigenvalue weighted by molar-refractivity contribution is 0.380. The molecule has 12 heavy (non-hydrogen) atoms. The van der Waals surface area contributed by atoms with Crippen molar-refractivity contribution in [1.82, 2.24) is 20.3 Å². The van der Waals surface area contributed by atoms with Crippen LogP contribution >= 0.6 is 0 Å². The molecule has 0 unspecified atom stereocenters. The minimum atomic E-state index is 0.251. The lowest BCUT2D eigenvalue weighted by Gasteiger charge is -1.82. The first-order valence-corrected chi connectivity index (χ1v) is 3.42. The van der Waals surface area contributed by atoms with Crippen LogP contribution in [0.5, 0.6) is 0 Å². The first-order chi connectivity index (χ1) is 5.90. The molecule has 0 radical (unpaired) electrons. The fourth-order valence-corrected chi connectivity index (χ4v) is 0.828. The van der Waals surface area contributed by atoms with E-state index in [0.717, 1.165) is 5.69 Å². The molecule has 0 spiro atoms. The van der Waals surface area contributed by atoms with E-state index in [1.165, 1.54) is 0 Å². The van der Waals surface area contributed by atoms with E-state index in [0.29, 0.717) is 11.7 Å². The Bertz CT molecular complexity index is 352. The minimum absolute atomic E-state index is 0.251. The maximum atomic E-state index is 5.29. The molecular formula is C6H7N5O. The molecule has 2 rings (SSSR count). The molecule has 2 aromatic heterocycles. The van der Waals surface area contributed by atoms with Crippen molar-refractivity contribution in [3.8, 4) is 11.5 Å². The summed E-state index contributed by atoms with van der Waals surface area (Å²) >= 11 is 0. The predicted octanol–water partition coefficient (Wildman–Crippen LogP) is -0.0816. The molecule has 0 saturated heterocycles. The third kappa shape index (κ3) is 1.08. The van der Waals surface area contributed by atoms with Gasteiger partial charge in [0.25, 0.3) is 0 Å². The van der Waals surface area contributed by atoms with E-state index >= 15 is 0 Å². The Balaban J connectivity index is 2.35. The Morgan fingerprint density at radius 3 is 3.08 bits per heavy atom. The summed E-state index contributed by atoms with van der Waals surface area (Å²) in [6.45, 7) is 0.251. The van der Waals surface area contributed by atoms with E-state index in [4.69, 9.17) is 10.3 Å². The van der Waals surface area contributed by atoms with E-state index in [1.54, 1.807) is 12.3 Å². The van der Waals surface area contributed by atoms with Gasteiger partial charge < -0.3 is 10.3 Å². The average Bonchev–Trinajstić information content (AvgIpc) is 2.75. The van der Waals surface area contributed by atoms with Gasteiger partial charge in [-0.1, -0.05) is 5.16 Å². The quantitative estimate of drug-likeness (QED) is 0.649. The normalized spacial score (nSPS) is 10.4. The number of H-pyrrole nitrogens is 1. The van der Waals surface area contributed by atoms with Gasteiger partial charge in [0.15, 0.2) is 0 Å². The van der Waals surface area contributed by atoms with Gasteiger partial charge in [-0.3, -0.25) is 5.10 Å². The molecule has 0 aliphatic rings. The fraction of sp³-hybridized carbons (Fsp3) is 0.167. The smallest absolute Gasteiger partial charge is 0.240 e. The Hall–Kier alpha value is -1.69. The Morgan fingerprint density at radius 1 is 1.58 bits per heavy atom. The van der Waals surface area contributed by atoms with Crippen molar-refractivity contribution in [2.45, 2.75) is 6.54 Å². The zero-order chi connectivity index (χ0) is 8.39. The Morgan fingerprint density at radius 2 is 2.50 bits per heavy atom. The number of nitrogens with two attached hydrogens (primary N) is 1. The summed E-state index contributed by atoms with van der Waals surface area (Å²) in [7, 11) is 0. The summed E-state index contributed by atoms with van der Waals surface area (Å²) in [6.07, 6.45) is 1.62. The first kappa shape index (κ1) is 6.99. The topological polar surface area (TPSA) is 93.6 Å². The lowest BCUT2D eigenvalue weighted by Crippen LogP contribution is -1.95. The largest absolute Gasteiger partial charge is 0.338 e. The average molecular weight is 165 g/mol. The van der Waals surface area contributed by atoms with E-state index in [-0.39, 0.29) is 6.54 Å². The van der Waals surface area contributed by atoms with E-state index in [1.807, 2.05) is 0 Å². The number of nitrogens with one attached hydrogen (secondary N) is 1. The molecule has 0 fully saturated rings. The summed E-state index contributed by atoms with van der Waals surface area (Å²) in [5.74, 6) is 0.896. The minimum Gasteiger partial charge on any atom is -0.338 e. The second-order valence-corrected chi connectivity index (χ2v) is 2.19. The number of hydrogen-bond donors (Lipinski definition) is 2. The molecule has 3 N–H and O–H groups in total. The van der Waals surface area contributed by atoms with Crippen molar-refractivity contribution in [3.05, 3.63) is 18.2 Å². The van der Waals surface area contributed by atoms with E-state index in [9.17, 15) is 0 Å². The highest BCUT2D eigenvalue weighted by atomic mass is 16.5. The number of rotatable bonds is 2. The highest BCUT2D eigenvalue weighted by molar-refractivity contribution is 5.46. The molecule has 0 aliphatic carbocycles. The Kier molecular flexibility index (Phi) is 1.60. The zero-order valence-corrected chi connectivity index (χ0v) is 6.19. The highest BCUT2D eigenvalue weighted by Gasteiger charge is 2.06. The third-order valence-corrected chi connectivity index (χ3v) is 1.38. The predicted molar refractivity (Wildman–Crippen MR) is 39.8 cm³/mol. The van der Waals surface area contributed by atoms with Crippen LogP contribution in [0.4, 0.5) is 0 Å². The van der Waals surface area contributed by atoms with Gasteiger partial charge in [0, 0.05) is 6.20 Å². The zero-order valence-electron chi connectivity index (χ0n) is 6.19. The van der Waals surface area contributed by atoms with Gasteiger partial charge in [0.2, 0.25) is 11.7 Å². The molecule has 0 aliphatic heterocycles. The number of aromatic nitrogens is 4. The number of aromatic amines is 1. The van der Waals surface area contributed by atoms with Crippen molar-refractivity contribution in [2.75, 3.05) is 0 Å². The molecule has 2 aromatic rings. The van der Waals surface area contributed by atoms with Crippen LogP contribution in [0.2, 0.25) is 0 Å². The SMILES string of the molecule is NCc1nc(-c2ccn[nH]2)no1. The van der Waals surface area contributed by atoms with Gasteiger partial charge in [0.1, 0.15) is 5.69 Å². The first-order valence-electron chi connectivity index (χ1n) is 3.42. The summed E-state index contributed by atoms with van der Waals surface area (Å²) in [5, 5.41) is 10.2. The van der Waals surface area contributed by atoms with Crippen LogP contribution in [0.1, 0.15) is 5.89 Å². The molecule has 0 amide bonds. The maximum Gasteiger partial charge on any atom is 0.240 e. The van der Waals surface area contributed by atoms with Gasteiger partial charge in [-0.15, -0.1) is 0 Å². The van der Waals surface area contributed by atoms with Crippen molar-refractivity contribution in [1.29, 1.82) is 0 Å². The molecule has 62 valence electrons. The van der Waals surface area contributed by atoms with Crippen LogP contribution < -0.4 is 5.73 Å². The van der Waals surface area contributed by atoms with Gasteiger partial charge >= 0.3 is 0 Å². The molecule has 0 saturated carbocycles. The second-order valence-electron chi connectivity index (χ2n) is 2.19. The highest BCUT2D eigenvalue weighted by Crippen LogP contribution is 2.10. The third-order valence-electron chi connectivity index (χ3n) is 1.38. The summed E-state index contributed by atoms with van der Waals surface area (Å²) in [6, 6.07) is 1.76. The van der Waals surface area contributed by atoms with Crippen LogP contribution in [0.3, 0.4) is 0 Å².